The molecule has 5 heteroatoms. The number of amides is 1. The molecule has 0 heterocycles. The molecule has 0 spiro atoms. The first-order valence-electron chi connectivity index (χ1n) is 7.37. The van der Waals surface area contributed by atoms with Crippen LogP contribution in [0.5, 0.6) is 0 Å². The zero-order valence-electron chi connectivity index (χ0n) is 12.4. The van der Waals surface area contributed by atoms with Crippen LogP contribution in [-0.4, -0.2) is 33.2 Å². The van der Waals surface area contributed by atoms with Gasteiger partial charge in [0.2, 0.25) is 5.91 Å². The van der Waals surface area contributed by atoms with Crippen LogP contribution in [0.15, 0.2) is 0 Å². The van der Waals surface area contributed by atoms with Gasteiger partial charge >= 0.3 is 0 Å². The molecular weight excluding hydrogens is 260 g/mol. The summed E-state index contributed by atoms with van der Waals surface area (Å²) in [5, 5.41) is 3.28. The lowest BCUT2D eigenvalue weighted by Gasteiger charge is -2.30. The van der Waals surface area contributed by atoms with Gasteiger partial charge in [0.15, 0.2) is 0 Å². The van der Waals surface area contributed by atoms with Crippen LogP contribution < -0.4 is 11.1 Å². The molecule has 1 amide bonds. The van der Waals surface area contributed by atoms with Gasteiger partial charge in [-0.2, -0.15) is 0 Å². The summed E-state index contributed by atoms with van der Waals surface area (Å²) in [7, 11) is -0.751. The standard InChI is InChI=1S/C14H28N2O2S/c1-4-19(18)12-7-5-6-11(9-12)16-14(17)13(15)8-10(2)3/h10-13H,4-9,15H2,1-3H3,(H,16,17)/t11?,12?,13-,19?/m0/s1. The molecule has 3 N–H and O–H groups in total. The smallest absolute Gasteiger partial charge is 0.237 e. The van der Waals surface area contributed by atoms with Crippen molar-refractivity contribution in [3.05, 3.63) is 0 Å². The summed E-state index contributed by atoms with van der Waals surface area (Å²) in [5.41, 5.74) is 5.88. The Morgan fingerprint density at radius 2 is 2.11 bits per heavy atom. The Labute approximate surface area is 119 Å². The van der Waals surface area contributed by atoms with Gasteiger partial charge in [0.1, 0.15) is 0 Å². The lowest BCUT2D eigenvalue weighted by Crippen LogP contribution is -2.48. The third-order valence-corrected chi connectivity index (χ3v) is 5.43. The van der Waals surface area contributed by atoms with Crippen LogP contribution in [0.1, 0.15) is 52.9 Å². The first-order valence-corrected chi connectivity index (χ1v) is 8.75. The third kappa shape index (κ3) is 5.61. The van der Waals surface area contributed by atoms with Crippen molar-refractivity contribution in [1.29, 1.82) is 0 Å². The second-order valence-electron chi connectivity index (χ2n) is 5.90. The monoisotopic (exact) mass is 288 g/mol. The van der Waals surface area contributed by atoms with E-state index in [9.17, 15) is 9.00 Å². The summed E-state index contributed by atoms with van der Waals surface area (Å²) in [4.78, 5) is 12.0. The molecule has 0 aromatic carbocycles. The average molecular weight is 288 g/mol. The molecule has 0 aliphatic heterocycles. The minimum Gasteiger partial charge on any atom is -0.352 e. The normalized spacial score (nSPS) is 27.0. The molecule has 0 aromatic heterocycles. The van der Waals surface area contributed by atoms with Gasteiger partial charge in [0.25, 0.3) is 0 Å². The van der Waals surface area contributed by atoms with E-state index in [0.29, 0.717) is 18.1 Å². The van der Waals surface area contributed by atoms with Crippen LogP contribution in [0.25, 0.3) is 0 Å². The highest BCUT2D eigenvalue weighted by Crippen LogP contribution is 2.23. The van der Waals surface area contributed by atoms with Crippen LogP contribution >= 0.6 is 0 Å². The molecule has 4 atom stereocenters. The topological polar surface area (TPSA) is 72.2 Å². The number of carbonyl (C=O) groups is 1. The van der Waals surface area contributed by atoms with Crippen LogP contribution in [0, 0.1) is 5.92 Å². The Hall–Kier alpha value is -0.420. The van der Waals surface area contributed by atoms with Crippen molar-refractivity contribution in [2.75, 3.05) is 5.75 Å². The first-order chi connectivity index (χ1) is 8.93. The summed E-state index contributed by atoms with van der Waals surface area (Å²) < 4.78 is 11.9. The van der Waals surface area contributed by atoms with Gasteiger partial charge in [-0.1, -0.05) is 27.2 Å². The summed E-state index contributed by atoms with van der Waals surface area (Å²) in [6.07, 6.45) is 4.59. The molecule has 4 nitrogen and oxygen atoms in total. The Bertz CT molecular complexity index is 321. The lowest BCUT2D eigenvalue weighted by atomic mass is 9.94. The molecule has 1 aliphatic carbocycles. The first kappa shape index (κ1) is 16.6. The highest BCUT2D eigenvalue weighted by molar-refractivity contribution is 7.85. The van der Waals surface area contributed by atoms with E-state index in [1.165, 1.54) is 0 Å². The minimum atomic E-state index is -0.751. The largest absolute Gasteiger partial charge is 0.352 e. The van der Waals surface area contributed by atoms with E-state index in [-0.39, 0.29) is 17.2 Å². The zero-order chi connectivity index (χ0) is 14.4. The van der Waals surface area contributed by atoms with Crippen molar-refractivity contribution in [3.63, 3.8) is 0 Å². The van der Waals surface area contributed by atoms with E-state index in [1.54, 1.807) is 0 Å². The number of nitrogens with one attached hydrogen (secondary N) is 1. The van der Waals surface area contributed by atoms with E-state index in [0.717, 1.165) is 25.7 Å². The van der Waals surface area contributed by atoms with Crippen molar-refractivity contribution in [3.8, 4) is 0 Å². The van der Waals surface area contributed by atoms with E-state index >= 15 is 0 Å². The third-order valence-electron chi connectivity index (χ3n) is 3.69. The van der Waals surface area contributed by atoms with Gasteiger partial charge in [-0.25, -0.2) is 0 Å². The second-order valence-corrected chi connectivity index (χ2v) is 7.91. The number of hydrogen-bond donors (Lipinski definition) is 2. The predicted molar refractivity (Wildman–Crippen MR) is 80.3 cm³/mol. The molecule has 112 valence electrons. The number of nitrogens with two attached hydrogens (primary N) is 1. The Kier molecular flexibility index (Phi) is 7.00. The summed E-state index contributed by atoms with van der Waals surface area (Å²) in [6, 6.07) is -0.267. The van der Waals surface area contributed by atoms with E-state index in [2.05, 4.69) is 19.2 Å². The highest BCUT2D eigenvalue weighted by atomic mass is 32.2. The Balaban J connectivity index is 2.43. The Morgan fingerprint density at radius 3 is 2.68 bits per heavy atom. The van der Waals surface area contributed by atoms with E-state index < -0.39 is 16.8 Å². The molecule has 1 aliphatic rings. The van der Waals surface area contributed by atoms with Gasteiger partial charge in [-0.05, 0) is 31.6 Å². The fraction of sp³-hybridized carbons (Fsp3) is 0.929. The molecule has 0 aromatic rings. The van der Waals surface area contributed by atoms with Crippen molar-refractivity contribution in [2.24, 2.45) is 11.7 Å². The van der Waals surface area contributed by atoms with E-state index in [1.807, 2.05) is 6.92 Å². The van der Waals surface area contributed by atoms with E-state index in [4.69, 9.17) is 5.73 Å². The van der Waals surface area contributed by atoms with Crippen molar-refractivity contribution in [1.82, 2.24) is 5.32 Å². The highest BCUT2D eigenvalue weighted by Gasteiger charge is 2.27. The molecule has 0 radical (unpaired) electrons. The molecule has 0 bridgehead atoms. The SMILES string of the molecule is CCS(=O)C1CCCC(NC(=O)[C@@H](N)CC(C)C)C1. The molecule has 3 unspecified atom stereocenters. The molecule has 1 rings (SSSR count). The quantitative estimate of drug-likeness (QED) is 0.779. The Morgan fingerprint density at radius 1 is 1.42 bits per heavy atom. The number of hydrogen-bond acceptors (Lipinski definition) is 3. The molecular formula is C14H28N2O2S. The lowest BCUT2D eigenvalue weighted by molar-refractivity contribution is -0.123. The zero-order valence-corrected chi connectivity index (χ0v) is 13.2. The number of carbonyl (C=O) groups excluding carboxylic acids is 1. The molecule has 1 fully saturated rings. The predicted octanol–water partition coefficient (Wildman–Crippen LogP) is 1.56. The van der Waals surface area contributed by atoms with Crippen LogP contribution in [-0.2, 0) is 15.6 Å². The van der Waals surface area contributed by atoms with Gasteiger partial charge < -0.3 is 11.1 Å². The summed E-state index contributed by atoms with van der Waals surface area (Å²) in [5.74, 6) is 1.08. The average Bonchev–Trinajstić information content (AvgIpc) is 2.37. The number of rotatable bonds is 6. The van der Waals surface area contributed by atoms with Gasteiger partial charge in [-0.3, -0.25) is 9.00 Å². The van der Waals surface area contributed by atoms with Crippen molar-refractivity contribution < 1.29 is 9.00 Å². The van der Waals surface area contributed by atoms with Crippen LogP contribution in [0.4, 0.5) is 0 Å². The minimum absolute atomic E-state index is 0.0540. The molecule has 19 heavy (non-hydrogen) atoms. The molecule has 0 saturated heterocycles. The maximum Gasteiger partial charge on any atom is 0.237 e. The van der Waals surface area contributed by atoms with Crippen LogP contribution in [0.3, 0.4) is 0 Å². The maximum absolute atomic E-state index is 12.0. The van der Waals surface area contributed by atoms with Gasteiger partial charge in [-0.15, -0.1) is 0 Å². The summed E-state index contributed by atoms with van der Waals surface area (Å²) >= 11 is 0. The fourth-order valence-electron chi connectivity index (χ4n) is 2.67. The van der Waals surface area contributed by atoms with Crippen LogP contribution in [0.2, 0.25) is 0 Å². The maximum atomic E-state index is 12.0. The van der Waals surface area contributed by atoms with Crippen molar-refractivity contribution in [2.45, 2.75) is 70.2 Å². The van der Waals surface area contributed by atoms with Gasteiger partial charge in [0, 0.05) is 27.8 Å². The fourth-order valence-corrected chi connectivity index (χ4v) is 4.02. The van der Waals surface area contributed by atoms with Crippen molar-refractivity contribution >= 4 is 16.7 Å². The second kappa shape index (κ2) is 8.00. The van der Waals surface area contributed by atoms with Gasteiger partial charge in [0.05, 0.1) is 6.04 Å². The summed E-state index contributed by atoms with van der Waals surface area (Å²) in [6.45, 7) is 6.08. The molecule has 1 saturated carbocycles.